The zero-order chi connectivity index (χ0) is 23.1. The number of aryl methyl sites for hydroxylation is 3. The van der Waals surface area contributed by atoms with Crippen molar-refractivity contribution in [1.29, 1.82) is 0 Å². The van der Waals surface area contributed by atoms with Crippen LogP contribution in [0.15, 0.2) is 84.9 Å². The van der Waals surface area contributed by atoms with E-state index in [1.54, 1.807) is 24.3 Å². The van der Waals surface area contributed by atoms with E-state index in [9.17, 15) is 10.2 Å². The Hall–Kier alpha value is -3.48. The van der Waals surface area contributed by atoms with Crippen molar-refractivity contribution < 1.29 is 15.3 Å². The predicted octanol–water partition coefficient (Wildman–Crippen LogP) is 5.82. The number of aromatic nitrogens is 2. The van der Waals surface area contributed by atoms with Crippen molar-refractivity contribution in [2.75, 3.05) is 0 Å². The number of phenols is 3. The summed E-state index contributed by atoms with van der Waals surface area (Å²) in [6.07, 6.45) is 0. The number of hydrogen-bond donors (Lipinski definition) is 3. The van der Waals surface area contributed by atoms with Gasteiger partial charge in [0, 0.05) is 42.0 Å². The Labute approximate surface area is 206 Å². The molecule has 0 amide bonds. The first-order valence-corrected chi connectivity index (χ1v) is 10.2. The van der Waals surface area contributed by atoms with Gasteiger partial charge in [-0.25, -0.2) is 9.97 Å². The summed E-state index contributed by atoms with van der Waals surface area (Å²) in [6, 6.07) is 25.7. The average molecular weight is 496 g/mol. The second kappa shape index (κ2) is 11.9. The summed E-state index contributed by atoms with van der Waals surface area (Å²) in [5.41, 5.74) is 4.29. The SMILES string of the molecule is Cc1ccc2cccc(O)c2n1.Cc1ccc2cccc(O)c2n1.Cc1cccc(O)c1.[Ga]. The molecule has 165 valence electrons. The summed E-state index contributed by atoms with van der Waals surface area (Å²) in [5, 5.41) is 29.6. The maximum absolute atomic E-state index is 9.43. The van der Waals surface area contributed by atoms with Crippen molar-refractivity contribution in [2.45, 2.75) is 20.8 Å². The van der Waals surface area contributed by atoms with Crippen molar-refractivity contribution >= 4 is 41.6 Å². The first-order valence-electron chi connectivity index (χ1n) is 10.2. The minimum absolute atomic E-state index is 0. The number of phenolic OH excluding ortho intramolecular Hbond substituents is 3. The van der Waals surface area contributed by atoms with Gasteiger partial charge in [0.15, 0.2) is 0 Å². The van der Waals surface area contributed by atoms with Crippen molar-refractivity contribution in [2.24, 2.45) is 0 Å². The molecule has 3 radical (unpaired) electrons. The summed E-state index contributed by atoms with van der Waals surface area (Å²) < 4.78 is 0. The monoisotopic (exact) mass is 495 g/mol. The number of nitrogens with zero attached hydrogens (tertiary/aromatic N) is 2. The topological polar surface area (TPSA) is 86.5 Å². The van der Waals surface area contributed by atoms with Crippen LogP contribution in [0.4, 0.5) is 0 Å². The van der Waals surface area contributed by atoms with Crippen LogP contribution in [0.1, 0.15) is 17.0 Å². The van der Waals surface area contributed by atoms with Gasteiger partial charge in [0.25, 0.3) is 0 Å². The van der Waals surface area contributed by atoms with E-state index < -0.39 is 0 Å². The maximum Gasteiger partial charge on any atom is 0.141 e. The zero-order valence-corrected chi connectivity index (χ0v) is 21.3. The third kappa shape index (κ3) is 7.27. The van der Waals surface area contributed by atoms with Crippen LogP contribution in [0.25, 0.3) is 21.8 Å². The van der Waals surface area contributed by atoms with Crippen molar-refractivity contribution in [3.8, 4) is 17.2 Å². The van der Waals surface area contributed by atoms with Gasteiger partial charge in [0.05, 0.1) is 0 Å². The number of para-hydroxylation sites is 2. The van der Waals surface area contributed by atoms with Gasteiger partial charge < -0.3 is 15.3 Å². The fourth-order valence-corrected chi connectivity index (χ4v) is 3.09. The number of aromatic hydroxyl groups is 3. The van der Waals surface area contributed by atoms with E-state index in [0.29, 0.717) is 16.8 Å². The Kier molecular flexibility index (Phi) is 9.33. The molecule has 0 aliphatic heterocycles. The first-order chi connectivity index (χ1) is 15.3. The summed E-state index contributed by atoms with van der Waals surface area (Å²) in [6.45, 7) is 5.76. The molecule has 3 N–H and O–H groups in total. The van der Waals surface area contributed by atoms with Gasteiger partial charge in [-0.15, -0.1) is 0 Å². The van der Waals surface area contributed by atoms with Gasteiger partial charge in [-0.3, -0.25) is 0 Å². The van der Waals surface area contributed by atoms with E-state index in [1.807, 2.05) is 81.4 Å². The third-order valence-corrected chi connectivity index (χ3v) is 4.68. The van der Waals surface area contributed by atoms with Gasteiger partial charge in [-0.05, 0) is 62.7 Å². The second-order valence-corrected chi connectivity index (χ2v) is 7.44. The fourth-order valence-electron chi connectivity index (χ4n) is 3.09. The third-order valence-electron chi connectivity index (χ3n) is 4.68. The molecule has 2 heterocycles. The predicted molar refractivity (Wildman–Crippen MR) is 135 cm³/mol. The molecule has 2 aromatic heterocycles. The van der Waals surface area contributed by atoms with E-state index in [4.69, 9.17) is 5.11 Å². The van der Waals surface area contributed by atoms with Crippen LogP contribution in [-0.4, -0.2) is 45.1 Å². The van der Waals surface area contributed by atoms with Crippen LogP contribution >= 0.6 is 0 Å². The number of fused-ring (bicyclic) bond motifs is 2. The molecule has 0 saturated carbocycles. The average Bonchev–Trinajstić information content (AvgIpc) is 2.76. The van der Waals surface area contributed by atoms with Crippen LogP contribution in [0.5, 0.6) is 17.2 Å². The Bertz CT molecular complexity index is 1260. The molecule has 5 aromatic rings. The van der Waals surface area contributed by atoms with Crippen LogP contribution in [-0.2, 0) is 0 Å². The number of benzene rings is 3. The Morgan fingerprint density at radius 3 is 1.39 bits per heavy atom. The molecule has 0 unspecified atom stereocenters. The molecular weight excluding hydrogens is 470 g/mol. The molecule has 0 fully saturated rings. The van der Waals surface area contributed by atoms with E-state index >= 15 is 0 Å². The van der Waals surface area contributed by atoms with Gasteiger partial charge in [-0.1, -0.05) is 48.5 Å². The Balaban J connectivity index is 0.000000177. The van der Waals surface area contributed by atoms with Gasteiger partial charge in [-0.2, -0.15) is 0 Å². The number of pyridine rings is 2. The molecule has 6 heteroatoms. The largest absolute Gasteiger partial charge is 0.508 e. The minimum atomic E-state index is 0. The van der Waals surface area contributed by atoms with E-state index in [0.717, 1.165) is 27.7 Å². The second-order valence-electron chi connectivity index (χ2n) is 7.44. The summed E-state index contributed by atoms with van der Waals surface area (Å²) in [4.78, 5) is 8.45. The number of hydrogen-bond acceptors (Lipinski definition) is 5. The molecule has 0 aliphatic carbocycles. The molecule has 0 spiro atoms. The van der Waals surface area contributed by atoms with Gasteiger partial charge in [0.2, 0.25) is 0 Å². The molecule has 0 bridgehead atoms. The maximum atomic E-state index is 9.43. The molecule has 5 nitrogen and oxygen atoms in total. The summed E-state index contributed by atoms with van der Waals surface area (Å²) >= 11 is 0. The standard InChI is InChI=1S/2C10H9NO.C7H8O.Ga/c2*1-7-5-6-8-3-2-4-9(12)10(8)11-7;1-6-3-2-4-7(8)5-6;/h2*2-6,12H,1H3;2-5,8H,1H3;. The fraction of sp³-hybridized carbons (Fsp3) is 0.111. The number of rotatable bonds is 0. The molecule has 0 aliphatic rings. The van der Waals surface area contributed by atoms with Crippen LogP contribution in [0, 0.1) is 20.8 Å². The minimum Gasteiger partial charge on any atom is -0.508 e. The van der Waals surface area contributed by atoms with E-state index in [1.165, 1.54) is 0 Å². The van der Waals surface area contributed by atoms with Crippen molar-refractivity contribution in [3.63, 3.8) is 0 Å². The zero-order valence-electron chi connectivity index (χ0n) is 18.9. The van der Waals surface area contributed by atoms with Crippen LogP contribution in [0.3, 0.4) is 0 Å². The van der Waals surface area contributed by atoms with Crippen molar-refractivity contribution in [1.82, 2.24) is 9.97 Å². The molecule has 0 atom stereocenters. The van der Waals surface area contributed by atoms with Gasteiger partial charge >= 0.3 is 0 Å². The van der Waals surface area contributed by atoms with Crippen LogP contribution < -0.4 is 0 Å². The summed E-state index contributed by atoms with van der Waals surface area (Å²) in [5.74, 6) is 0.831. The van der Waals surface area contributed by atoms with Crippen LogP contribution in [0.2, 0.25) is 0 Å². The first kappa shape index (κ1) is 25.8. The normalized spacial score (nSPS) is 9.79. The molecule has 0 saturated heterocycles. The molecular formula is C27H26GaN2O3. The Morgan fingerprint density at radius 2 is 1.00 bits per heavy atom. The molecule has 3 aromatic carbocycles. The van der Waals surface area contributed by atoms with Gasteiger partial charge in [0.1, 0.15) is 28.3 Å². The van der Waals surface area contributed by atoms with Crippen molar-refractivity contribution in [3.05, 3.63) is 102 Å². The smallest absolute Gasteiger partial charge is 0.141 e. The van der Waals surface area contributed by atoms with E-state index in [-0.39, 0.29) is 31.3 Å². The summed E-state index contributed by atoms with van der Waals surface area (Å²) in [7, 11) is 0. The Morgan fingerprint density at radius 1 is 0.545 bits per heavy atom. The molecule has 33 heavy (non-hydrogen) atoms. The quantitative estimate of drug-likeness (QED) is 0.236. The van der Waals surface area contributed by atoms with E-state index in [2.05, 4.69) is 9.97 Å². The molecule has 5 rings (SSSR count).